The number of ether oxygens (including phenoxy) is 1. The summed E-state index contributed by atoms with van der Waals surface area (Å²) < 4.78 is 6.14. The average molecular weight is 543 g/mol. The fourth-order valence-corrected chi connectivity index (χ4v) is 5.05. The van der Waals surface area contributed by atoms with Crippen molar-refractivity contribution in [2.75, 3.05) is 11.9 Å². The van der Waals surface area contributed by atoms with Gasteiger partial charge < -0.3 is 10.1 Å². The molecule has 190 valence electrons. The highest BCUT2D eigenvalue weighted by Gasteiger charge is 2.36. The number of para-hydroxylation sites is 1. The quantitative estimate of drug-likeness (QED) is 0.253. The Morgan fingerprint density at radius 2 is 1.71 bits per heavy atom. The number of imide groups is 1. The molecule has 0 saturated carbocycles. The predicted octanol–water partition coefficient (Wildman–Crippen LogP) is 7.06. The van der Waals surface area contributed by atoms with Crippen molar-refractivity contribution < 1.29 is 19.1 Å². The molecule has 0 aromatic heterocycles. The molecule has 0 aliphatic carbocycles. The Bertz CT molecular complexity index is 1580. The van der Waals surface area contributed by atoms with Crippen LogP contribution < -0.4 is 10.1 Å². The molecule has 0 spiro atoms. The van der Waals surface area contributed by atoms with E-state index in [9.17, 15) is 14.4 Å². The molecule has 1 N–H and O–H groups in total. The van der Waals surface area contributed by atoms with Crippen LogP contribution in [0.5, 0.6) is 5.75 Å². The van der Waals surface area contributed by atoms with Gasteiger partial charge in [-0.3, -0.25) is 19.3 Å². The first-order chi connectivity index (χ1) is 18.4. The number of carbonyl (C=O) groups is 3. The lowest BCUT2D eigenvalue weighted by molar-refractivity contribution is -0.127. The summed E-state index contributed by atoms with van der Waals surface area (Å²) in [5.41, 5.74) is 3.15. The molecular weight excluding hydrogens is 520 g/mol. The molecule has 4 aromatic carbocycles. The Kier molecular flexibility index (Phi) is 7.49. The van der Waals surface area contributed by atoms with Crippen LogP contribution in [0, 0.1) is 6.92 Å². The molecule has 1 saturated heterocycles. The Morgan fingerprint density at radius 1 is 0.974 bits per heavy atom. The molecule has 0 radical (unpaired) electrons. The van der Waals surface area contributed by atoms with Crippen molar-refractivity contribution >= 4 is 63.0 Å². The number of thioether (sulfide) groups is 1. The zero-order chi connectivity index (χ0) is 26.6. The Hall–Kier alpha value is -4.07. The molecule has 1 heterocycles. The van der Waals surface area contributed by atoms with Crippen molar-refractivity contribution in [1.82, 2.24) is 4.90 Å². The summed E-state index contributed by atoms with van der Waals surface area (Å²) in [6, 6.07) is 26.2. The van der Waals surface area contributed by atoms with Crippen LogP contribution in [-0.4, -0.2) is 28.5 Å². The zero-order valence-corrected chi connectivity index (χ0v) is 22.0. The summed E-state index contributed by atoms with van der Waals surface area (Å²) >= 11 is 6.80. The molecule has 0 bridgehead atoms. The highest BCUT2D eigenvalue weighted by atomic mass is 35.5. The van der Waals surface area contributed by atoms with Crippen LogP contribution in [-0.2, 0) is 16.2 Å². The summed E-state index contributed by atoms with van der Waals surface area (Å²) in [6.07, 6.45) is 1.67. The van der Waals surface area contributed by atoms with E-state index in [-0.39, 0.29) is 11.4 Å². The zero-order valence-electron chi connectivity index (χ0n) is 20.4. The summed E-state index contributed by atoms with van der Waals surface area (Å²) in [5.74, 6) is -0.390. The van der Waals surface area contributed by atoms with Crippen LogP contribution in [0.4, 0.5) is 10.5 Å². The number of benzene rings is 4. The van der Waals surface area contributed by atoms with E-state index in [0.29, 0.717) is 28.6 Å². The van der Waals surface area contributed by atoms with Crippen molar-refractivity contribution in [3.05, 3.63) is 112 Å². The SMILES string of the molecule is Cc1ccccc1NC(=O)CN1C(=O)S/C(=C/c2c(OCc3ccc(Cl)cc3)ccc3ccccc23)C1=O. The van der Waals surface area contributed by atoms with Gasteiger partial charge in [0.05, 0.1) is 4.91 Å². The number of aryl methyl sites for hydroxylation is 1. The lowest BCUT2D eigenvalue weighted by Crippen LogP contribution is -2.36. The molecule has 1 fully saturated rings. The van der Waals surface area contributed by atoms with Gasteiger partial charge in [-0.2, -0.15) is 0 Å². The molecular formula is C30H23ClN2O4S. The third-order valence-electron chi connectivity index (χ3n) is 6.11. The van der Waals surface area contributed by atoms with E-state index in [1.807, 2.05) is 73.7 Å². The van der Waals surface area contributed by atoms with Gasteiger partial charge in [0.1, 0.15) is 18.9 Å². The molecule has 5 rings (SSSR count). The second-order valence-corrected chi connectivity index (χ2v) is 10.2. The maximum atomic E-state index is 13.2. The average Bonchev–Trinajstić information content (AvgIpc) is 3.17. The summed E-state index contributed by atoms with van der Waals surface area (Å²) in [4.78, 5) is 39.8. The fourth-order valence-electron chi connectivity index (χ4n) is 4.11. The number of carbonyl (C=O) groups excluding carboxylic acids is 3. The van der Waals surface area contributed by atoms with E-state index in [1.54, 1.807) is 24.3 Å². The van der Waals surface area contributed by atoms with Gasteiger partial charge in [0.2, 0.25) is 5.91 Å². The maximum absolute atomic E-state index is 13.2. The van der Waals surface area contributed by atoms with E-state index < -0.39 is 17.1 Å². The van der Waals surface area contributed by atoms with Gasteiger partial charge >= 0.3 is 0 Å². The largest absolute Gasteiger partial charge is 0.488 e. The van der Waals surface area contributed by atoms with Crippen molar-refractivity contribution in [1.29, 1.82) is 0 Å². The predicted molar refractivity (Wildman–Crippen MR) is 152 cm³/mol. The molecule has 0 unspecified atom stereocenters. The minimum atomic E-state index is -0.517. The van der Waals surface area contributed by atoms with Gasteiger partial charge in [-0.25, -0.2) is 0 Å². The number of nitrogens with zero attached hydrogens (tertiary/aromatic N) is 1. The lowest BCUT2D eigenvalue weighted by atomic mass is 10.0. The van der Waals surface area contributed by atoms with E-state index in [2.05, 4.69) is 5.32 Å². The Labute approximate surface area is 229 Å². The van der Waals surface area contributed by atoms with Crippen LogP contribution in [0.25, 0.3) is 16.8 Å². The summed E-state index contributed by atoms with van der Waals surface area (Å²) in [6.45, 7) is 1.80. The topological polar surface area (TPSA) is 75.7 Å². The minimum Gasteiger partial charge on any atom is -0.488 e. The first kappa shape index (κ1) is 25.6. The van der Waals surface area contributed by atoms with E-state index in [4.69, 9.17) is 16.3 Å². The molecule has 1 aliphatic heterocycles. The first-order valence-electron chi connectivity index (χ1n) is 11.9. The van der Waals surface area contributed by atoms with Crippen molar-refractivity contribution in [2.45, 2.75) is 13.5 Å². The van der Waals surface area contributed by atoms with Crippen LogP contribution in [0.15, 0.2) is 89.8 Å². The highest BCUT2D eigenvalue weighted by Crippen LogP contribution is 2.37. The van der Waals surface area contributed by atoms with Gasteiger partial charge in [0.25, 0.3) is 11.1 Å². The molecule has 4 aromatic rings. The number of hydrogen-bond acceptors (Lipinski definition) is 5. The highest BCUT2D eigenvalue weighted by molar-refractivity contribution is 8.18. The normalized spacial score (nSPS) is 14.4. The third kappa shape index (κ3) is 5.59. The number of fused-ring (bicyclic) bond motifs is 1. The molecule has 6 nitrogen and oxygen atoms in total. The van der Waals surface area contributed by atoms with Crippen LogP contribution in [0.3, 0.4) is 0 Å². The van der Waals surface area contributed by atoms with E-state index in [0.717, 1.165) is 38.6 Å². The van der Waals surface area contributed by atoms with E-state index >= 15 is 0 Å². The van der Waals surface area contributed by atoms with Crippen molar-refractivity contribution in [2.24, 2.45) is 0 Å². The number of amides is 3. The molecule has 3 amide bonds. The van der Waals surface area contributed by atoms with Crippen LogP contribution in [0.2, 0.25) is 5.02 Å². The molecule has 0 atom stereocenters. The van der Waals surface area contributed by atoms with Crippen molar-refractivity contribution in [3.8, 4) is 5.75 Å². The Balaban J connectivity index is 1.40. The van der Waals surface area contributed by atoms with Gasteiger partial charge in [-0.15, -0.1) is 0 Å². The van der Waals surface area contributed by atoms with Gasteiger partial charge in [0, 0.05) is 16.3 Å². The van der Waals surface area contributed by atoms with Gasteiger partial charge in [0.15, 0.2) is 0 Å². The monoisotopic (exact) mass is 542 g/mol. The molecule has 1 aliphatic rings. The molecule has 38 heavy (non-hydrogen) atoms. The second kappa shape index (κ2) is 11.1. The van der Waals surface area contributed by atoms with Gasteiger partial charge in [-0.1, -0.05) is 72.3 Å². The number of halogens is 1. The second-order valence-electron chi connectivity index (χ2n) is 8.74. The first-order valence-corrected chi connectivity index (χ1v) is 13.1. The van der Waals surface area contributed by atoms with Crippen LogP contribution in [0.1, 0.15) is 16.7 Å². The minimum absolute atomic E-state index is 0.228. The third-order valence-corrected chi connectivity index (χ3v) is 7.27. The van der Waals surface area contributed by atoms with Gasteiger partial charge in [-0.05, 0) is 70.9 Å². The number of anilines is 1. The number of rotatable bonds is 7. The molecule has 8 heteroatoms. The van der Waals surface area contributed by atoms with Crippen LogP contribution >= 0.6 is 23.4 Å². The van der Waals surface area contributed by atoms with Crippen molar-refractivity contribution in [3.63, 3.8) is 0 Å². The smallest absolute Gasteiger partial charge is 0.294 e. The number of hydrogen-bond donors (Lipinski definition) is 1. The van der Waals surface area contributed by atoms with E-state index in [1.165, 1.54) is 0 Å². The Morgan fingerprint density at radius 3 is 2.50 bits per heavy atom. The standard InChI is InChI=1S/C30H23ClN2O4S/c1-19-6-2-5-9-25(19)32-28(34)17-33-29(35)27(38-30(33)36)16-24-23-8-4-3-7-21(23)12-15-26(24)37-18-20-10-13-22(31)14-11-20/h2-16H,17-18H2,1H3,(H,32,34)/b27-16+. The lowest BCUT2D eigenvalue weighted by Gasteiger charge is -2.14. The number of nitrogens with one attached hydrogen (secondary N) is 1. The summed E-state index contributed by atoms with van der Waals surface area (Å²) in [7, 11) is 0. The fraction of sp³-hybridized carbons (Fsp3) is 0.100. The maximum Gasteiger partial charge on any atom is 0.294 e. The summed E-state index contributed by atoms with van der Waals surface area (Å²) in [5, 5.41) is 4.76.